The molecular formula is C19H12F3N3O2. The Morgan fingerprint density at radius 2 is 1.59 bits per heavy atom. The van der Waals surface area contributed by atoms with Crippen molar-refractivity contribution < 1.29 is 22.6 Å². The quantitative estimate of drug-likeness (QED) is 0.666. The second-order valence-electron chi connectivity index (χ2n) is 5.74. The van der Waals surface area contributed by atoms with Crippen molar-refractivity contribution in [3.8, 4) is 22.5 Å². The molecule has 0 spiro atoms. The first-order valence-corrected chi connectivity index (χ1v) is 7.94. The molecule has 0 bridgehead atoms. The zero-order valence-corrected chi connectivity index (χ0v) is 13.7. The molecule has 4 rings (SSSR count). The highest BCUT2D eigenvalue weighted by atomic mass is 19.4. The van der Waals surface area contributed by atoms with Gasteiger partial charge in [-0.2, -0.15) is 13.2 Å². The van der Waals surface area contributed by atoms with E-state index in [1.165, 1.54) is 24.9 Å². The molecule has 5 nitrogen and oxygen atoms in total. The van der Waals surface area contributed by atoms with E-state index in [0.29, 0.717) is 5.69 Å². The number of aromatic nitrogens is 3. The average Bonchev–Trinajstić information content (AvgIpc) is 3.23. The van der Waals surface area contributed by atoms with Gasteiger partial charge < -0.3 is 9.47 Å². The Balaban J connectivity index is 1.88. The van der Waals surface area contributed by atoms with E-state index in [0.717, 1.165) is 17.7 Å². The highest BCUT2D eigenvalue weighted by Gasteiger charge is 2.33. The number of hydrogen-bond donors (Lipinski definition) is 0. The zero-order chi connectivity index (χ0) is 18.9. The third-order valence-corrected chi connectivity index (χ3v) is 3.96. The third-order valence-electron chi connectivity index (χ3n) is 3.96. The molecule has 136 valence electrons. The van der Waals surface area contributed by atoms with E-state index in [1.54, 1.807) is 12.1 Å². The molecule has 0 aliphatic carbocycles. The Morgan fingerprint density at radius 3 is 2.30 bits per heavy atom. The largest absolute Gasteiger partial charge is 0.455 e. The predicted octanol–water partition coefficient (Wildman–Crippen LogP) is 4.74. The van der Waals surface area contributed by atoms with E-state index in [9.17, 15) is 13.2 Å². The molecule has 1 aromatic heterocycles. The lowest BCUT2D eigenvalue weighted by atomic mass is 9.99. The van der Waals surface area contributed by atoms with Gasteiger partial charge in [-0.25, -0.2) is 4.98 Å². The van der Waals surface area contributed by atoms with Gasteiger partial charge in [0.15, 0.2) is 0 Å². The number of halogens is 3. The Morgan fingerprint density at radius 1 is 0.852 bits per heavy atom. The molecule has 0 N–H and O–H groups in total. The molecule has 2 heterocycles. The minimum absolute atomic E-state index is 0.217. The van der Waals surface area contributed by atoms with E-state index in [1.807, 2.05) is 18.2 Å². The molecule has 0 radical (unpaired) electrons. The number of ether oxygens (including phenoxy) is 2. The lowest BCUT2D eigenvalue weighted by molar-refractivity contribution is -0.137. The topological polar surface area (TPSA) is 57.1 Å². The van der Waals surface area contributed by atoms with Gasteiger partial charge in [0.05, 0.1) is 5.56 Å². The maximum Gasteiger partial charge on any atom is 0.416 e. The number of nitrogens with zero attached hydrogens (tertiary/aromatic N) is 3. The van der Waals surface area contributed by atoms with Crippen molar-refractivity contribution in [1.29, 1.82) is 0 Å². The molecule has 0 fully saturated rings. The highest BCUT2D eigenvalue weighted by Crippen LogP contribution is 2.37. The summed E-state index contributed by atoms with van der Waals surface area (Å²) in [5.41, 5.74) is 0.993. The van der Waals surface area contributed by atoms with Gasteiger partial charge in [0.25, 0.3) is 6.29 Å². The third kappa shape index (κ3) is 3.46. The van der Waals surface area contributed by atoms with Crippen LogP contribution in [0.25, 0.3) is 22.5 Å². The monoisotopic (exact) mass is 371 g/mol. The van der Waals surface area contributed by atoms with E-state index in [-0.39, 0.29) is 16.8 Å². The fraction of sp³-hybridized carbons (Fsp3) is 0.105. The van der Waals surface area contributed by atoms with Gasteiger partial charge in [-0.3, -0.25) is 0 Å². The first-order chi connectivity index (χ1) is 13.0. The molecule has 1 aliphatic heterocycles. The Kier molecular flexibility index (Phi) is 4.23. The Labute approximate surface area is 152 Å². The second kappa shape index (κ2) is 6.71. The minimum atomic E-state index is -4.54. The minimum Gasteiger partial charge on any atom is -0.455 e. The fourth-order valence-electron chi connectivity index (χ4n) is 2.76. The van der Waals surface area contributed by atoms with Crippen molar-refractivity contribution in [2.45, 2.75) is 12.5 Å². The summed E-state index contributed by atoms with van der Waals surface area (Å²) in [4.78, 5) is 4.21. The van der Waals surface area contributed by atoms with Crippen LogP contribution in [0, 0.1) is 0 Å². The molecule has 0 unspecified atom stereocenters. The van der Waals surface area contributed by atoms with Crippen LogP contribution < -0.4 is 0 Å². The first-order valence-electron chi connectivity index (χ1n) is 7.94. The summed E-state index contributed by atoms with van der Waals surface area (Å²) in [5, 5.41) is 7.79. The smallest absolute Gasteiger partial charge is 0.416 e. The van der Waals surface area contributed by atoms with Crippen molar-refractivity contribution >= 4 is 0 Å². The van der Waals surface area contributed by atoms with Crippen LogP contribution in [0.4, 0.5) is 13.2 Å². The summed E-state index contributed by atoms with van der Waals surface area (Å²) in [6, 6.07) is 12.6. The molecule has 0 atom stereocenters. The second-order valence-corrected chi connectivity index (χ2v) is 5.74. The van der Waals surface area contributed by atoms with Crippen LogP contribution in [0.5, 0.6) is 0 Å². The SMILES string of the molecule is FC(F)(F)c1cc(-c2nncnc2-c2ccccc2)cc(C2OC=CO2)c1. The van der Waals surface area contributed by atoms with Crippen molar-refractivity contribution in [3.05, 3.63) is 78.5 Å². The number of rotatable bonds is 3. The van der Waals surface area contributed by atoms with Gasteiger partial charge in [0.2, 0.25) is 0 Å². The van der Waals surface area contributed by atoms with Gasteiger partial charge >= 0.3 is 6.18 Å². The van der Waals surface area contributed by atoms with Crippen LogP contribution in [0.15, 0.2) is 67.4 Å². The number of alkyl halides is 3. The van der Waals surface area contributed by atoms with Crippen LogP contribution in [0.3, 0.4) is 0 Å². The lowest BCUT2D eigenvalue weighted by Crippen LogP contribution is -2.09. The summed E-state index contributed by atoms with van der Waals surface area (Å²) in [7, 11) is 0. The van der Waals surface area contributed by atoms with Crippen LogP contribution in [-0.4, -0.2) is 15.2 Å². The zero-order valence-electron chi connectivity index (χ0n) is 13.7. The van der Waals surface area contributed by atoms with Gasteiger partial charge in [0, 0.05) is 16.7 Å². The fourth-order valence-corrected chi connectivity index (χ4v) is 2.76. The summed E-state index contributed by atoms with van der Waals surface area (Å²) in [5.74, 6) is 0. The van der Waals surface area contributed by atoms with Crippen molar-refractivity contribution in [1.82, 2.24) is 15.2 Å². The van der Waals surface area contributed by atoms with Crippen molar-refractivity contribution in [2.24, 2.45) is 0 Å². The summed E-state index contributed by atoms with van der Waals surface area (Å²) < 4.78 is 50.7. The Bertz CT molecular complexity index is 983. The lowest BCUT2D eigenvalue weighted by Gasteiger charge is -2.16. The highest BCUT2D eigenvalue weighted by molar-refractivity contribution is 5.78. The first kappa shape index (κ1) is 17.0. The molecule has 27 heavy (non-hydrogen) atoms. The van der Waals surface area contributed by atoms with Crippen LogP contribution in [0.2, 0.25) is 0 Å². The number of hydrogen-bond acceptors (Lipinski definition) is 5. The summed E-state index contributed by atoms with van der Waals surface area (Å²) >= 11 is 0. The summed E-state index contributed by atoms with van der Waals surface area (Å²) in [6.07, 6.45) is -1.67. The van der Waals surface area contributed by atoms with Gasteiger partial charge in [-0.15, -0.1) is 10.2 Å². The molecule has 8 heteroatoms. The van der Waals surface area contributed by atoms with Gasteiger partial charge in [-0.1, -0.05) is 30.3 Å². The Hall–Kier alpha value is -3.42. The van der Waals surface area contributed by atoms with Crippen LogP contribution in [-0.2, 0) is 15.7 Å². The van der Waals surface area contributed by atoms with Gasteiger partial charge in [-0.05, 0) is 18.2 Å². The molecular weight excluding hydrogens is 359 g/mol. The molecule has 0 saturated carbocycles. The van der Waals surface area contributed by atoms with E-state index < -0.39 is 18.0 Å². The van der Waals surface area contributed by atoms with Gasteiger partial charge in [0.1, 0.15) is 30.2 Å². The van der Waals surface area contributed by atoms with E-state index >= 15 is 0 Å². The van der Waals surface area contributed by atoms with Crippen molar-refractivity contribution in [2.75, 3.05) is 0 Å². The number of benzene rings is 2. The molecule has 3 aromatic rings. The molecule has 2 aromatic carbocycles. The molecule has 0 amide bonds. The van der Waals surface area contributed by atoms with E-state index in [4.69, 9.17) is 9.47 Å². The molecule has 0 saturated heterocycles. The maximum absolute atomic E-state index is 13.4. The standard InChI is InChI=1S/C19H12F3N3O2/c20-19(21,22)15-9-13(8-14(10-15)18-26-6-7-27-18)17-16(23-11-24-25-17)12-4-2-1-3-5-12/h1-11,18H. The average molecular weight is 371 g/mol. The summed E-state index contributed by atoms with van der Waals surface area (Å²) in [6.45, 7) is 0. The van der Waals surface area contributed by atoms with Crippen LogP contribution in [0.1, 0.15) is 17.4 Å². The van der Waals surface area contributed by atoms with Crippen LogP contribution >= 0.6 is 0 Å². The predicted molar refractivity (Wildman–Crippen MR) is 89.8 cm³/mol. The molecule has 1 aliphatic rings. The normalized spacial score (nSPS) is 14.0. The van der Waals surface area contributed by atoms with Crippen molar-refractivity contribution in [3.63, 3.8) is 0 Å². The van der Waals surface area contributed by atoms with E-state index in [2.05, 4.69) is 15.2 Å². The maximum atomic E-state index is 13.4.